The minimum Gasteiger partial charge on any atom is -0.459 e. The van der Waals surface area contributed by atoms with Gasteiger partial charge < -0.3 is 15.1 Å². The quantitative estimate of drug-likeness (QED) is 0.769. The van der Waals surface area contributed by atoms with Gasteiger partial charge in [-0.1, -0.05) is 18.2 Å². The fraction of sp³-hybridized carbons (Fsp3) is 0.421. The van der Waals surface area contributed by atoms with Gasteiger partial charge in [0.2, 0.25) is 0 Å². The molecule has 0 bridgehead atoms. The van der Waals surface area contributed by atoms with E-state index in [4.69, 9.17) is 4.42 Å². The van der Waals surface area contributed by atoms with E-state index in [1.165, 1.54) is 10.9 Å². The predicted octanol–water partition coefficient (Wildman–Crippen LogP) is 3.64. The molecule has 1 aliphatic heterocycles. The summed E-state index contributed by atoms with van der Waals surface area (Å²) in [7, 11) is 0. The second kappa shape index (κ2) is 5.98. The maximum atomic E-state index is 6.06. The van der Waals surface area contributed by atoms with E-state index in [0.29, 0.717) is 5.92 Å². The van der Waals surface area contributed by atoms with Crippen LogP contribution in [0.2, 0.25) is 0 Å². The number of aryl methyl sites for hydroxylation is 2. The number of furan rings is 1. The number of para-hydroxylation sites is 1. The standard InChI is InChI=1S/C19H24N4O/c1-12-8-18-21-10-15(11-23(18)22-12)9-20-14(3)19-13(2)16-6-4-5-7-17(16)24-19/h4-8,14-15,20-21H,9-11H2,1-3H3/t14-,15+/m0/s1. The van der Waals surface area contributed by atoms with Crippen molar-refractivity contribution in [3.8, 4) is 0 Å². The van der Waals surface area contributed by atoms with Crippen LogP contribution in [0.25, 0.3) is 11.0 Å². The normalized spacial score (nSPS) is 18.4. The molecule has 126 valence electrons. The fourth-order valence-corrected chi connectivity index (χ4v) is 3.56. The van der Waals surface area contributed by atoms with E-state index in [9.17, 15) is 0 Å². The molecule has 4 rings (SSSR count). The summed E-state index contributed by atoms with van der Waals surface area (Å²) in [5.41, 5.74) is 3.27. The predicted molar refractivity (Wildman–Crippen MR) is 96.3 cm³/mol. The van der Waals surface area contributed by atoms with Crippen LogP contribution < -0.4 is 10.6 Å². The lowest BCUT2D eigenvalue weighted by atomic mass is 10.1. The minimum atomic E-state index is 0.193. The Bertz CT molecular complexity index is 864. The summed E-state index contributed by atoms with van der Waals surface area (Å²) in [6, 6.07) is 10.5. The van der Waals surface area contributed by atoms with Crippen molar-refractivity contribution in [1.29, 1.82) is 0 Å². The summed E-state index contributed by atoms with van der Waals surface area (Å²) in [5, 5.41) is 12.8. The van der Waals surface area contributed by atoms with Crippen molar-refractivity contribution in [2.45, 2.75) is 33.4 Å². The maximum absolute atomic E-state index is 6.06. The molecule has 24 heavy (non-hydrogen) atoms. The van der Waals surface area contributed by atoms with E-state index in [1.54, 1.807) is 0 Å². The third kappa shape index (κ3) is 2.69. The molecule has 3 aromatic rings. The first-order valence-corrected chi connectivity index (χ1v) is 8.61. The summed E-state index contributed by atoms with van der Waals surface area (Å²) in [4.78, 5) is 0. The third-order valence-electron chi connectivity index (χ3n) is 4.89. The van der Waals surface area contributed by atoms with Crippen molar-refractivity contribution < 1.29 is 4.42 Å². The lowest BCUT2D eigenvalue weighted by molar-refractivity contribution is 0.359. The smallest absolute Gasteiger partial charge is 0.134 e. The number of hydrogen-bond acceptors (Lipinski definition) is 4. The Hall–Kier alpha value is -2.27. The Morgan fingerprint density at radius 2 is 2.21 bits per heavy atom. The molecule has 0 radical (unpaired) electrons. The van der Waals surface area contributed by atoms with Gasteiger partial charge in [-0.05, 0) is 32.4 Å². The van der Waals surface area contributed by atoms with Gasteiger partial charge in [0, 0.05) is 37.0 Å². The molecule has 0 saturated heterocycles. The summed E-state index contributed by atoms with van der Waals surface area (Å²) in [6.07, 6.45) is 0. The van der Waals surface area contributed by atoms with Crippen LogP contribution in [0.3, 0.4) is 0 Å². The number of benzene rings is 1. The number of nitrogens with zero attached hydrogens (tertiary/aromatic N) is 2. The van der Waals surface area contributed by atoms with Crippen LogP contribution in [0.4, 0.5) is 5.82 Å². The van der Waals surface area contributed by atoms with Gasteiger partial charge in [-0.15, -0.1) is 0 Å². The molecule has 0 unspecified atom stereocenters. The largest absolute Gasteiger partial charge is 0.459 e. The Balaban J connectivity index is 1.43. The Morgan fingerprint density at radius 1 is 1.38 bits per heavy atom. The SMILES string of the molecule is Cc1cc2n(n1)C[C@H](CN[C@@H](C)c1oc3ccccc3c1C)CN2. The van der Waals surface area contributed by atoms with Crippen LogP contribution in [0, 0.1) is 19.8 Å². The van der Waals surface area contributed by atoms with Crippen LogP contribution >= 0.6 is 0 Å². The average molecular weight is 324 g/mol. The highest BCUT2D eigenvalue weighted by Gasteiger charge is 2.21. The molecule has 2 aromatic heterocycles. The molecule has 5 nitrogen and oxygen atoms in total. The molecule has 1 aliphatic rings. The molecule has 0 fully saturated rings. The number of nitrogens with one attached hydrogen (secondary N) is 2. The molecule has 0 amide bonds. The van der Waals surface area contributed by atoms with Crippen molar-refractivity contribution in [2.24, 2.45) is 5.92 Å². The van der Waals surface area contributed by atoms with Gasteiger partial charge in [0.25, 0.3) is 0 Å². The van der Waals surface area contributed by atoms with E-state index >= 15 is 0 Å². The van der Waals surface area contributed by atoms with E-state index in [0.717, 1.165) is 42.5 Å². The van der Waals surface area contributed by atoms with Gasteiger partial charge in [0.05, 0.1) is 11.7 Å². The van der Waals surface area contributed by atoms with Gasteiger partial charge in [0.1, 0.15) is 17.2 Å². The third-order valence-corrected chi connectivity index (χ3v) is 4.89. The first-order valence-electron chi connectivity index (χ1n) is 8.61. The minimum absolute atomic E-state index is 0.193. The molecule has 2 atom stereocenters. The molecular formula is C19H24N4O. The highest BCUT2D eigenvalue weighted by molar-refractivity contribution is 5.82. The van der Waals surface area contributed by atoms with Crippen molar-refractivity contribution in [3.63, 3.8) is 0 Å². The zero-order valence-electron chi connectivity index (χ0n) is 14.5. The zero-order valence-corrected chi connectivity index (χ0v) is 14.5. The van der Waals surface area contributed by atoms with Gasteiger partial charge in [-0.25, -0.2) is 4.68 Å². The molecule has 5 heteroatoms. The lowest BCUT2D eigenvalue weighted by Gasteiger charge is -2.26. The lowest BCUT2D eigenvalue weighted by Crippen LogP contribution is -2.36. The van der Waals surface area contributed by atoms with Crippen LogP contribution in [-0.4, -0.2) is 22.9 Å². The Kier molecular flexibility index (Phi) is 3.81. The van der Waals surface area contributed by atoms with Crippen molar-refractivity contribution in [1.82, 2.24) is 15.1 Å². The van der Waals surface area contributed by atoms with Crippen molar-refractivity contribution in [2.75, 3.05) is 18.4 Å². The van der Waals surface area contributed by atoms with Gasteiger partial charge in [-0.3, -0.25) is 0 Å². The maximum Gasteiger partial charge on any atom is 0.134 e. The molecule has 0 saturated carbocycles. The van der Waals surface area contributed by atoms with Crippen molar-refractivity contribution >= 4 is 16.8 Å². The number of aromatic nitrogens is 2. The van der Waals surface area contributed by atoms with Crippen LogP contribution in [0.1, 0.15) is 30.0 Å². The molecule has 2 N–H and O–H groups in total. The molecule has 3 heterocycles. The monoisotopic (exact) mass is 324 g/mol. The Morgan fingerprint density at radius 3 is 3.04 bits per heavy atom. The molecule has 0 aliphatic carbocycles. The summed E-state index contributed by atoms with van der Waals surface area (Å²) in [5.74, 6) is 2.68. The number of anilines is 1. The summed E-state index contributed by atoms with van der Waals surface area (Å²) in [6.45, 7) is 9.21. The summed E-state index contributed by atoms with van der Waals surface area (Å²) >= 11 is 0. The highest BCUT2D eigenvalue weighted by Crippen LogP contribution is 2.29. The van der Waals surface area contributed by atoms with E-state index in [1.807, 2.05) is 19.1 Å². The van der Waals surface area contributed by atoms with Gasteiger partial charge >= 0.3 is 0 Å². The van der Waals surface area contributed by atoms with Crippen LogP contribution in [0.15, 0.2) is 34.7 Å². The van der Waals surface area contributed by atoms with E-state index in [2.05, 4.69) is 52.5 Å². The Labute approximate surface area is 142 Å². The highest BCUT2D eigenvalue weighted by atomic mass is 16.3. The van der Waals surface area contributed by atoms with Gasteiger partial charge in [-0.2, -0.15) is 5.10 Å². The zero-order chi connectivity index (χ0) is 16.7. The molecule has 0 spiro atoms. The topological polar surface area (TPSA) is 55.0 Å². The molecule has 1 aromatic carbocycles. The second-order valence-corrected chi connectivity index (χ2v) is 6.82. The first kappa shape index (κ1) is 15.3. The first-order chi connectivity index (χ1) is 11.6. The number of fused-ring (bicyclic) bond motifs is 2. The average Bonchev–Trinajstić information content (AvgIpc) is 3.12. The fourth-order valence-electron chi connectivity index (χ4n) is 3.56. The number of hydrogen-bond donors (Lipinski definition) is 2. The van der Waals surface area contributed by atoms with Crippen molar-refractivity contribution in [3.05, 3.63) is 47.3 Å². The molecular weight excluding hydrogens is 300 g/mol. The van der Waals surface area contributed by atoms with Gasteiger partial charge in [0.15, 0.2) is 0 Å². The second-order valence-electron chi connectivity index (χ2n) is 6.82. The number of rotatable bonds is 4. The van der Waals surface area contributed by atoms with E-state index < -0.39 is 0 Å². The summed E-state index contributed by atoms with van der Waals surface area (Å²) < 4.78 is 8.14. The van der Waals surface area contributed by atoms with E-state index in [-0.39, 0.29) is 6.04 Å². The van der Waals surface area contributed by atoms with Crippen LogP contribution in [0.5, 0.6) is 0 Å². The van der Waals surface area contributed by atoms with Crippen LogP contribution in [-0.2, 0) is 6.54 Å².